The fourth-order valence-corrected chi connectivity index (χ4v) is 4.79. The number of fused-ring (bicyclic) bond motifs is 1. The van der Waals surface area contributed by atoms with E-state index in [1.165, 1.54) is 11.3 Å². The number of piperazine rings is 1. The largest absolute Gasteiger partial charge is 0.495 e. The number of benzene rings is 2. The van der Waals surface area contributed by atoms with Gasteiger partial charge in [0.15, 0.2) is 5.13 Å². The fraction of sp³-hybridized carbons (Fsp3) is 0.300. The number of carbonyl (C=O) groups is 1. The number of thiazole rings is 1. The molecule has 1 saturated heterocycles. The Balaban J connectivity index is 1.44. The second-order valence-corrected chi connectivity index (χ2v) is 8.49. The predicted molar refractivity (Wildman–Crippen MR) is 122 cm³/mol. The first-order chi connectivity index (χ1) is 14.5. The van der Waals surface area contributed by atoms with Crippen molar-refractivity contribution in [3.05, 3.63) is 40.4 Å². The SMILES string of the molecule is COc1ccc(Cl)cc1NC(=O)N1CCN(c2nc3c(OC)ccc(Cl)c3s2)CC1. The van der Waals surface area contributed by atoms with Crippen molar-refractivity contribution >= 4 is 61.6 Å². The Morgan fingerprint density at radius 3 is 2.47 bits per heavy atom. The Hall–Kier alpha value is -2.42. The minimum Gasteiger partial charge on any atom is -0.495 e. The zero-order chi connectivity index (χ0) is 21.3. The van der Waals surface area contributed by atoms with Crippen LogP contribution in [0.25, 0.3) is 10.2 Å². The number of hydrogen-bond acceptors (Lipinski definition) is 6. The van der Waals surface area contributed by atoms with E-state index in [1.807, 2.05) is 12.1 Å². The average Bonchev–Trinajstić information content (AvgIpc) is 3.21. The maximum atomic E-state index is 12.7. The van der Waals surface area contributed by atoms with E-state index >= 15 is 0 Å². The van der Waals surface area contributed by atoms with Gasteiger partial charge in [0.25, 0.3) is 0 Å². The van der Waals surface area contributed by atoms with Crippen LogP contribution in [0.3, 0.4) is 0 Å². The molecule has 1 aliphatic heterocycles. The van der Waals surface area contributed by atoms with Crippen LogP contribution in [0.1, 0.15) is 0 Å². The van der Waals surface area contributed by atoms with Crippen LogP contribution < -0.4 is 19.7 Å². The number of ether oxygens (including phenoxy) is 2. The van der Waals surface area contributed by atoms with Crippen LogP contribution in [0.5, 0.6) is 11.5 Å². The van der Waals surface area contributed by atoms with Crippen LogP contribution in [0.2, 0.25) is 10.0 Å². The number of nitrogens with zero attached hydrogens (tertiary/aromatic N) is 3. The Labute approximate surface area is 188 Å². The summed E-state index contributed by atoms with van der Waals surface area (Å²) in [5.41, 5.74) is 1.31. The lowest BCUT2D eigenvalue weighted by atomic mass is 10.3. The van der Waals surface area contributed by atoms with E-state index in [-0.39, 0.29) is 6.03 Å². The maximum absolute atomic E-state index is 12.7. The Bertz CT molecular complexity index is 1080. The molecule has 0 bridgehead atoms. The third-order valence-electron chi connectivity index (χ3n) is 4.91. The molecule has 158 valence electrons. The van der Waals surface area contributed by atoms with E-state index in [9.17, 15) is 4.79 Å². The molecule has 3 aromatic rings. The van der Waals surface area contributed by atoms with Gasteiger partial charge in [0.1, 0.15) is 17.0 Å². The first-order valence-electron chi connectivity index (χ1n) is 9.27. The fourth-order valence-electron chi connectivity index (χ4n) is 3.31. The van der Waals surface area contributed by atoms with Crippen LogP contribution in [0.4, 0.5) is 15.6 Å². The summed E-state index contributed by atoms with van der Waals surface area (Å²) in [7, 11) is 3.17. The molecule has 0 aliphatic carbocycles. The Morgan fingerprint density at radius 2 is 1.77 bits per heavy atom. The predicted octanol–water partition coefficient (Wildman–Crippen LogP) is 4.97. The molecular formula is C20H20Cl2N4O3S. The molecule has 0 radical (unpaired) electrons. The maximum Gasteiger partial charge on any atom is 0.322 e. The number of urea groups is 1. The van der Waals surface area contributed by atoms with Gasteiger partial charge >= 0.3 is 6.03 Å². The van der Waals surface area contributed by atoms with Gasteiger partial charge in [0.05, 0.1) is 29.6 Å². The highest BCUT2D eigenvalue weighted by atomic mass is 35.5. The molecule has 7 nitrogen and oxygen atoms in total. The monoisotopic (exact) mass is 466 g/mol. The molecule has 1 fully saturated rings. The lowest BCUT2D eigenvalue weighted by molar-refractivity contribution is 0.208. The molecule has 2 amide bonds. The number of aromatic nitrogens is 1. The normalized spacial score (nSPS) is 14.1. The second-order valence-electron chi connectivity index (χ2n) is 6.67. The molecule has 2 aromatic carbocycles. The molecule has 0 saturated carbocycles. The molecule has 0 atom stereocenters. The third kappa shape index (κ3) is 4.08. The van der Waals surface area contributed by atoms with Crippen molar-refractivity contribution < 1.29 is 14.3 Å². The number of rotatable bonds is 4. The zero-order valence-electron chi connectivity index (χ0n) is 16.4. The summed E-state index contributed by atoms with van der Waals surface area (Å²) in [4.78, 5) is 21.4. The summed E-state index contributed by atoms with van der Waals surface area (Å²) in [5, 5.41) is 4.94. The van der Waals surface area contributed by atoms with Crippen molar-refractivity contribution in [2.45, 2.75) is 0 Å². The van der Waals surface area contributed by atoms with E-state index in [0.29, 0.717) is 53.4 Å². The highest BCUT2D eigenvalue weighted by molar-refractivity contribution is 7.22. The highest BCUT2D eigenvalue weighted by Crippen LogP contribution is 2.39. The molecule has 10 heteroatoms. The Morgan fingerprint density at radius 1 is 1.07 bits per heavy atom. The lowest BCUT2D eigenvalue weighted by Crippen LogP contribution is -2.50. The number of hydrogen-bond donors (Lipinski definition) is 1. The highest BCUT2D eigenvalue weighted by Gasteiger charge is 2.25. The van der Waals surface area contributed by atoms with Crippen LogP contribution in [-0.4, -0.2) is 56.3 Å². The van der Waals surface area contributed by atoms with Crippen molar-refractivity contribution in [3.8, 4) is 11.5 Å². The van der Waals surface area contributed by atoms with E-state index in [4.69, 9.17) is 37.7 Å². The minimum atomic E-state index is -0.191. The molecule has 0 unspecified atom stereocenters. The molecule has 1 aliphatic rings. The number of halogens is 2. The second kappa shape index (κ2) is 8.75. The summed E-state index contributed by atoms with van der Waals surface area (Å²) >= 11 is 13.9. The van der Waals surface area contributed by atoms with Crippen molar-refractivity contribution in [1.82, 2.24) is 9.88 Å². The van der Waals surface area contributed by atoms with Crippen LogP contribution in [-0.2, 0) is 0 Å². The third-order valence-corrected chi connectivity index (χ3v) is 6.72. The zero-order valence-corrected chi connectivity index (χ0v) is 18.8. The number of methoxy groups -OCH3 is 2. The molecule has 30 heavy (non-hydrogen) atoms. The lowest BCUT2D eigenvalue weighted by Gasteiger charge is -2.34. The van der Waals surface area contributed by atoms with E-state index < -0.39 is 0 Å². The van der Waals surface area contributed by atoms with Gasteiger partial charge < -0.3 is 24.6 Å². The van der Waals surface area contributed by atoms with Gasteiger partial charge in [-0.3, -0.25) is 0 Å². The van der Waals surface area contributed by atoms with Crippen LogP contribution >= 0.6 is 34.5 Å². The number of carbonyl (C=O) groups excluding carboxylic acids is 1. The van der Waals surface area contributed by atoms with E-state index in [2.05, 4.69) is 10.2 Å². The van der Waals surface area contributed by atoms with Crippen LogP contribution in [0, 0.1) is 0 Å². The summed E-state index contributed by atoms with van der Waals surface area (Å²) in [5.74, 6) is 1.26. The van der Waals surface area contributed by atoms with E-state index in [1.54, 1.807) is 37.3 Å². The van der Waals surface area contributed by atoms with Gasteiger partial charge in [0.2, 0.25) is 0 Å². The summed E-state index contributed by atoms with van der Waals surface area (Å²) in [6.07, 6.45) is 0. The van der Waals surface area contributed by atoms with Gasteiger partial charge in [-0.1, -0.05) is 34.5 Å². The molecule has 4 rings (SSSR count). The van der Waals surface area contributed by atoms with Crippen LogP contribution in [0.15, 0.2) is 30.3 Å². The van der Waals surface area contributed by atoms with Gasteiger partial charge in [-0.2, -0.15) is 0 Å². The first kappa shape index (κ1) is 20.8. The number of anilines is 2. The average molecular weight is 467 g/mol. The molecular weight excluding hydrogens is 447 g/mol. The molecule has 0 spiro atoms. The first-order valence-corrected chi connectivity index (χ1v) is 10.8. The van der Waals surface area contributed by atoms with Gasteiger partial charge in [-0.25, -0.2) is 9.78 Å². The van der Waals surface area contributed by atoms with E-state index in [0.717, 1.165) is 15.3 Å². The standard InChI is InChI=1S/C20H20Cl2N4O3S/c1-28-15-5-3-12(21)11-14(15)23-19(27)25-7-9-26(10-8-25)20-24-17-16(29-2)6-4-13(22)18(17)30-20/h3-6,11H,7-10H2,1-2H3,(H,23,27). The van der Waals surface area contributed by atoms with Crippen molar-refractivity contribution in [2.24, 2.45) is 0 Å². The minimum absolute atomic E-state index is 0.191. The quantitative estimate of drug-likeness (QED) is 0.587. The summed E-state index contributed by atoms with van der Waals surface area (Å²) < 4.78 is 11.6. The van der Waals surface area contributed by atoms with Gasteiger partial charge in [0, 0.05) is 31.2 Å². The molecule has 1 N–H and O–H groups in total. The number of nitrogens with one attached hydrogen (secondary N) is 1. The van der Waals surface area contributed by atoms with Gasteiger partial charge in [-0.05, 0) is 30.3 Å². The summed E-state index contributed by atoms with van der Waals surface area (Å²) in [6.45, 7) is 2.46. The van der Waals surface area contributed by atoms with Gasteiger partial charge in [-0.15, -0.1) is 0 Å². The molecule has 2 heterocycles. The smallest absolute Gasteiger partial charge is 0.322 e. The Kier molecular flexibility index (Phi) is 6.08. The van der Waals surface area contributed by atoms with Crippen molar-refractivity contribution in [3.63, 3.8) is 0 Å². The topological polar surface area (TPSA) is 66.9 Å². The van der Waals surface area contributed by atoms with Crippen molar-refractivity contribution in [2.75, 3.05) is 50.6 Å². The van der Waals surface area contributed by atoms with Crippen molar-refractivity contribution in [1.29, 1.82) is 0 Å². The number of amides is 2. The molecule has 1 aromatic heterocycles. The summed E-state index contributed by atoms with van der Waals surface area (Å²) in [6, 6.07) is 8.56.